The summed E-state index contributed by atoms with van der Waals surface area (Å²) in [6, 6.07) is 9.32. The molecule has 1 atom stereocenters. The number of rotatable bonds is 4. The molecule has 1 aromatic carbocycles. The van der Waals surface area contributed by atoms with E-state index < -0.39 is 0 Å². The second kappa shape index (κ2) is 7.34. The van der Waals surface area contributed by atoms with Crippen LogP contribution in [0.4, 0.5) is 5.69 Å². The molecule has 1 heterocycles. The Labute approximate surface area is 124 Å². The normalized spacial score (nSPS) is 21.6. The molecular formula is C15H23IN2. The summed E-state index contributed by atoms with van der Waals surface area (Å²) in [5.41, 5.74) is 1.27. The van der Waals surface area contributed by atoms with Crippen molar-refractivity contribution in [2.45, 2.75) is 38.6 Å². The molecule has 0 aromatic heterocycles. The van der Waals surface area contributed by atoms with Crippen LogP contribution in [0, 0.1) is 3.57 Å². The predicted molar refractivity (Wildman–Crippen MR) is 87.2 cm³/mol. The van der Waals surface area contributed by atoms with Crippen LogP contribution in [-0.2, 0) is 0 Å². The van der Waals surface area contributed by atoms with E-state index in [2.05, 4.69) is 64.0 Å². The van der Waals surface area contributed by atoms with E-state index >= 15 is 0 Å². The van der Waals surface area contributed by atoms with Gasteiger partial charge in [0.15, 0.2) is 0 Å². The van der Waals surface area contributed by atoms with Gasteiger partial charge in [-0.3, -0.25) is 0 Å². The molecule has 1 fully saturated rings. The standard InChI is InChI=1S/C15H23IN2/c1-2-9-18-10-4-7-14(8-11-18)17-15-6-3-5-13(16)12-15/h3,5-6,12,14,17H,2,4,7-11H2,1H3. The molecule has 0 bridgehead atoms. The van der Waals surface area contributed by atoms with Crippen molar-refractivity contribution in [1.29, 1.82) is 0 Å². The first-order chi connectivity index (χ1) is 8.78. The molecule has 1 aromatic rings. The highest BCUT2D eigenvalue weighted by Crippen LogP contribution is 2.18. The molecule has 0 amide bonds. The number of benzene rings is 1. The lowest BCUT2D eigenvalue weighted by atomic mass is 10.1. The zero-order valence-corrected chi connectivity index (χ0v) is 13.3. The Morgan fingerprint density at radius 2 is 2.22 bits per heavy atom. The molecule has 1 saturated heterocycles. The Morgan fingerprint density at radius 3 is 3.00 bits per heavy atom. The second-order valence-corrected chi connectivity index (χ2v) is 6.37. The van der Waals surface area contributed by atoms with E-state index in [-0.39, 0.29) is 0 Å². The smallest absolute Gasteiger partial charge is 0.0352 e. The molecule has 100 valence electrons. The summed E-state index contributed by atoms with van der Waals surface area (Å²) in [4.78, 5) is 2.61. The maximum absolute atomic E-state index is 3.69. The Hall–Kier alpha value is -0.290. The molecule has 2 nitrogen and oxygen atoms in total. The lowest BCUT2D eigenvalue weighted by Gasteiger charge is -2.20. The molecule has 2 rings (SSSR count). The van der Waals surface area contributed by atoms with Crippen molar-refractivity contribution in [3.63, 3.8) is 0 Å². The fourth-order valence-electron chi connectivity index (χ4n) is 2.65. The van der Waals surface area contributed by atoms with Crippen molar-refractivity contribution < 1.29 is 0 Å². The van der Waals surface area contributed by atoms with Crippen LogP contribution in [0.2, 0.25) is 0 Å². The van der Waals surface area contributed by atoms with Crippen LogP contribution in [0.3, 0.4) is 0 Å². The molecule has 1 aliphatic rings. The van der Waals surface area contributed by atoms with E-state index in [1.54, 1.807) is 0 Å². The average molecular weight is 358 g/mol. The van der Waals surface area contributed by atoms with E-state index in [1.807, 2.05) is 0 Å². The van der Waals surface area contributed by atoms with Gasteiger partial charge >= 0.3 is 0 Å². The van der Waals surface area contributed by atoms with E-state index in [9.17, 15) is 0 Å². The highest BCUT2D eigenvalue weighted by Gasteiger charge is 2.16. The molecule has 1 N–H and O–H groups in total. The van der Waals surface area contributed by atoms with Crippen LogP contribution in [0.25, 0.3) is 0 Å². The van der Waals surface area contributed by atoms with Gasteiger partial charge in [-0.2, -0.15) is 0 Å². The molecule has 18 heavy (non-hydrogen) atoms. The third kappa shape index (κ3) is 4.43. The van der Waals surface area contributed by atoms with Gasteiger partial charge in [0.05, 0.1) is 0 Å². The molecule has 0 radical (unpaired) electrons. The summed E-state index contributed by atoms with van der Waals surface area (Å²) in [7, 11) is 0. The number of nitrogens with zero attached hydrogens (tertiary/aromatic N) is 1. The van der Waals surface area contributed by atoms with E-state index in [0.29, 0.717) is 6.04 Å². The number of hydrogen-bond donors (Lipinski definition) is 1. The van der Waals surface area contributed by atoms with Gasteiger partial charge in [0.2, 0.25) is 0 Å². The van der Waals surface area contributed by atoms with Crippen LogP contribution in [0.5, 0.6) is 0 Å². The molecule has 3 heteroatoms. The summed E-state index contributed by atoms with van der Waals surface area (Å²) >= 11 is 2.37. The number of halogens is 1. The highest BCUT2D eigenvalue weighted by molar-refractivity contribution is 14.1. The van der Waals surface area contributed by atoms with Crippen LogP contribution >= 0.6 is 22.6 Å². The minimum atomic E-state index is 0.644. The minimum Gasteiger partial charge on any atom is -0.382 e. The second-order valence-electron chi connectivity index (χ2n) is 5.12. The van der Waals surface area contributed by atoms with Crippen molar-refractivity contribution in [2.75, 3.05) is 25.0 Å². The number of nitrogens with one attached hydrogen (secondary N) is 1. The number of likely N-dealkylation sites (tertiary alicyclic amines) is 1. The van der Waals surface area contributed by atoms with Gasteiger partial charge in [0, 0.05) is 21.8 Å². The first kappa shape index (κ1) is 14.1. The van der Waals surface area contributed by atoms with Gasteiger partial charge in [-0.25, -0.2) is 0 Å². The van der Waals surface area contributed by atoms with Crippen LogP contribution in [-0.4, -0.2) is 30.6 Å². The van der Waals surface area contributed by atoms with Gasteiger partial charge in [-0.1, -0.05) is 13.0 Å². The number of anilines is 1. The van der Waals surface area contributed by atoms with Gasteiger partial charge in [-0.05, 0) is 79.6 Å². The van der Waals surface area contributed by atoms with Crippen LogP contribution in [0.1, 0.15) is 32.6 Å². The molecule has 0 aliphatic carbocycles. The quantitative estimate of drug-likeness (QED) is 0.820. The van der Waals surface area contributed by atoms with Crippen molar-refractivity contribution in [3.8, 4) is 0 Å². The molecule has 1 aliphatic heterocycles. The molecule has 0 spiro atoms. The Bertz CT molecular complexity index is 367. The van der Waals surface area contributed by atoms with Gasteiger partial charge in [-0.15, -0.1) is 0 Å². The fourth-order valence-corrected chi connectivity index (χ4v) is 3.20. The van der Waals surface area contributed by atoms with E-state index in [4.69, 9.17) is 0 Å². The van der Waals surface area contributed by atoms with Gasteiger partial charge < -0.3 is 10.2 Å². The largest absolute Gasteiger partial charge is 0.382 e. The zero-order chi connectivity index (χ0) is 12.8. The summed E-state index contributed by atoms with van der Waals surface area (Å²) < 4.78 is 1.30. The van der Waals surface area contributed by atoms with Crippen molar-refractivity contribution >= 4 is 28.3 Å². The maximum Gasteiger partial charge on any atom is 0.0352 e. The highest BCUT2D eigenvalue weighted by atomic mass is 127. The Morgan fingerprint density at radius 1 is 1.33 bits per heavy atom. The Kier molecular flexibility index (Phi) is 5.76. The first-order valence-electron chi connectivity index (χ1n) is 7.02. The third-order valence-corrected chi connectivity index (χ3v) is 4.23. The summed E-state index contributed by atoms with van der Waals surface area (Å²) in [5, 5.41) is 3.69. The average Bonchev–Trinajstić information content (AvgIpc) is 2.56. The van der Waals surface area contributed by atoms with Crippen LogP contribution < -0.4 is 5.32 Å². The zero-order valence-electron chi connectivity index (χ0n) is 11.2. The molecular weight excluding hydrogens is 335 g/mol. The molecule has 0 saturated carbocycles. The maximum atomic E-state index is 3.69. The van der Waals surface area contributed by atoms with Crippen molar-refractivity contribution in [3.05, 3.63) is 27.8 Å². The van der Waals surface area contributed by atoms with Crippen LogP contribution in [0.15, 0.2) is 24.3 Å². The third-order valence-electron chi connectivity index (χ3n) is 3.56. The Balaban J connectivity index is 1.87. The minimum absolute atomic E-state index is 0.644. The monoisotopic (exact) mass is 358 g/mol. The van der Waals surface area contributed by atoms with Crippen molar-refractivity contribution in [2.24, 2.45) is 0 Å². The lowest BCUT2D eigenvalue weighted by molar-refractivity contribution is 0.285. The summed E-state index contributed by atoms with van der Waals surface area (Å²) in [5.74, 6) is 0. The SMILES string of the molecule is CCCN1CCCC(Nc2cccc(I)c2)CC1. The molecule has 1 unspecified atom stereocenters. The summed E-state index contributed by atoms with van der Waals surface area (Å²) in [6.45, 7) is 6.05. The van der Waals surface area contributed by atoms with E-state index in [0.717, 1.165) is 0 Å². The van der Waals surface area contributed by atoms with E-state index in [1.165, 1.54) is 54.6 Å². The fraction of sp³-hybridized carbons (Fsp3) is 0.600. The van der Waals surface area contributed by atoms with Gasteiger partial charge in [0.25, 0.3) is 0 Å². The topological polar surface area (TPSA) is 15.3 Å². The predicted octanol–water partition coefficient (Wildman–Crippen LogP) is 3.97. The summed E-state index contributed by atoms with van der Waals surface area (Å²) in [6.07, 6.45) is 5.16. The van der Waals surface area contributed by atoms with Crippen molar-refractivity contribution in [1.82, 2.24) is 4.90 Å². The first-order valence-corrected chi connectivity index (χ1v) is 8.10. The van der Waals surface area contributed by atoms with Gasteiger partial charge in [0.1, 0.15) is 0 Å². The lowest BCUT2D eigenvalue weighted by Crippen LogP contribution is -2.27. The number of hydrogen-bond acceptors (Lipinski definition) is 2.